The zero-order chi connectivity index (χ0) is 16.5. The van der Waals surface area contributed by atoms with Crippen LogP contribution in [0.15, 0.2) is 54.6 Å². The zero-order valence-corrected chi connectivity index (χ0v) is 13.3. The van der Waals surface area contributed by atoms with Crippen LogP contribution in [0, 0.1) is 0 Å². The largest absolute Gasteiger partial charge is 0.385 e. The van der Waals surface area contributed by atoms with Crippen molar-refractivity contribution in [3.63, 3.8) is 0 Å². The van der Waals surface area contributed by atoms with Crippen molar-refractivity contribution in [3.05, 3.63) is 65.7 Å². The van der Waals surface area contributed by atoms with E-state index in [2.05, 4.69) is 22.8 Å². The highest BCUT2D eigenvalue weighted by Gasteiger charge is 2.02. The molecule has 0 bridgehead atoms. The van der Waals surface area contributed by atoms with E-state index in [1.54, 1.807) is 19.1 Å². The molecule has 0 radical (unpaired) electrons. The fraction of sp³-hybridized carbons (Fsp3) is 0.263. The standard InChI is InChI=1S/C19H22N2O2/c1-15(22)17-7-9-18(10-8-17)20-14-12-19(23)21-13-11-16-5-3-2-4-6-16/h2-10,20H,11-14H2,1H3,(H,21,23). The summed E-state index contributed by atoms with van der Waals surface area (Å²) in [6.45, 7) is 2.76. The van der Waals surface area contributed by atoms with E-state index in [4.69, 9.17) is 0 Å². The van der Waals surface area contributed by atoms with Gasteiger partial charge < -0.3 is 10.6 Å². The van der Waals surface area contributed by atoms with E-state index in [0.29, 0.717) is 25.1 Å². The summed E-state index contributed by atoms with van der Waals surface area (Å²) in [7, 11) is 0. The number of amides is 1. The Balaban J connectivity index is 1.63. The molecule has 2 aromatic carbocycles. The highest BCUT2D eigenvalue weighted by Crippen LogP contribution is 2.09. The predicted molar refractivity (Wildman–Crippen MR) is 92.7 cm³/mol. The Morgan fingerprint density at radius 1 is 0.913 bits per heavy atom. The lowest BCUT2D eigenvalue weighted by Crippen LogP contribution is -2.27. The molecule has 2 N–H and O–H groups in total. The quantitative estimate of drug-likeness (QED) is 0.737. The van der Waals surface area contributed by atoms with Crippen LogP contribution in [-0.4, -0.2) is 24.8 Å². The SMILES string of the molecule is CC(=O)c1ccc(NCCC(=O)NCCc2ccccc2)cc1. The van der Waals surface area contributed by atoms with Crippen LogP contribution >= 0.6 is 0 Å². The molecule has 4 heteroatoms. The molecule has 1 amide bonds. The summed E-state index contributed by atoms with van der Waals surface area (Å²) in [6, 6.07) is 17.4. The minimum absolute atomic E-state index is 0.0359. The van der Waals surface area contributed by atoms with E-state index in [1.807, 2.05) is 30.3 Å². The van der Waals surface area contributed by atoms with Gasteiger partial charge in [0.15, 0.2) is 5.78 Å². The molecular weight excluding hydrogens is 288 g/mol. The molecule has 4 nitrogen and oxygen atoms in total. The van der Waals surface area contributed by atoms with E-state index < -0.39 is 0 Å². The summed E-state index contributed by atoms with van der Waals surface area (Å²) in [5.41, 5.74) is 2.82. The summed E-state index contributed by atoms with van der Waals surface area (Å²) in [5.74, 6) is 0.0862. The maximum Gasteiger partial charge on any atom is 0.221 e. The van der Waals surface area contributed by atoms with Gasteiger partial charge in [0.05, 0.1) is 0 Å². The molecule has 0 unspecified atom stereocenters. The molecule has 0 saturated heterocycles. The Hall–Kier alpha value is -2.62. The Bertz CT molecular complexity index is 636. The van der Waals surface area contributed by atoms with Gasteiger partial charge in [0, 0.05) is 30.8 Å². The lowest BCUT2D eigenvalue weighted by atomic mass is 10.1. The molecule has 0 aromatic heterocycles. The summed E-state index contributed by atoms with van der Waals surface area (Å²) in [6.07, 6.45) is 1.26. The molecule has 0 aliphatic rings. The first-order chi connectivity index (χ1) is 11.1. The third-order valence-corrected chi connectivity index (χ3v) is 3.55. The molecule has 120 valence electrons. The Morgan fingerprint density at radius 2 is 1.61 bits per heavy atom. The van der Waals surface area contributed by atoms with Gasteiger partial charge in [-0.2, -0.15) is 0 Å². The molecule has 0 aliphatic heterocycles. The number of anilines is 1. The van der Waals surface area contributed by atoms with Crippen molar-refractivity contribution in [3.8, 4) is 0 Å². The molecule has 23 heavy (non-hydrogen) atoms. The molecule has 2 aromatic rings. The summed E-state index contributed by atoms with van der Waals surface area (Å²) >= 11 is 0. The van der Waals surface area contributed by atoms with Gasteiger partial charge in [0.2, 0.25) is 5.91 Å². The Kier molecular flexibility index (Phi) is 6.36. The second-order valence-corrected chi connectivity index (χ2v) is 5.40. The van der Waals surface area contributed by atoms with Crippen LogP contribution in [0.3, 0.4) is 0 Å². The maximum atomic E-state index is 11.8. The summed E-state index contributed by atoms with van der Waals surface area (Å²) in [4.78, 5) is 23.0. The smallest absolute Gasteiger partial charge is 0.221 e. The molecule has 0 aliphatic carbocycles. The maximum absolute atomic E-state index is 11.8. The lowest BCUT2D eigenvalue weighted by molar-refractivity contribution is -0.120. The number of carbonyl (C=O) groups is 2. The van der Waals surface area contributed by atoms with Gasteiger partial charge in [-0.05, 0) is 43.2 Å². The van der Waals surface area contributed by atoms with Crippen molar-refractivity contribution in [1.29, 1.82) is 0 Å². The van der Waals surface area contributed by atoms with Gasteiger partial charge >= 0.3 is 0 Å². The lowest BCUT2D eigenvalue weighted by Gasteiger charge is -2.08. The fourth-order valence-corrected chi connectivity index (χ4v) is 2.22. The second-order valence-electron chi connectivity index (χ2n) is 5.40. The van der Waals surface area contributed by atoms with Crippen molar-refractivity contribution in [2.45, 2.75) is 19.8 Å². The van der Waals surface area contributed by atoms with Gasteiger partial charge in [0.25, 0.3) is 0 Å². The van der Waals surface area contributed by atoms with Gasteiger partial charge in [-0.1, -0.05) is 30.3 Å². The van der Waals surface area contributed by atoms with Gasteiger partial charge in [-0.15, -0.1) is 0 Å². The predicted octanol–water partition coefficient (Wildman–Crippen LogP) is 3.05. The number of benzene rings is 2. The second kappa shape index (κ2) is 8.73. The zero-order valence-electron chi connectivity index (χ0n) is 13.3. The minimum Gasteiger partial charge on any atom is -0.385 e. The molecule has 2 rings (SSSR count). The number of hydrogen-bond donors (Lipinski definition) is 2. The number of hydrogen-bond acceptors (Lipinski definition) is 3. The number of nitrogens with one attached hydrogen (secondary N) is 2. The van der Waals surface area contributed by atoms with Crippen molar-refractivity contribution in [1.82, 2.24) is 5.32 Å². The molecule has 0 spiro atoms. The van der Waals surface area contributed by atoms with Gasteiger partial charge in [-0.25, -0.2) is 0 Å². The number of carbonyl (C=O) groups excluding carboxylic acids is 2. The highest BCUT2D eigenvalue weighted by molar-refractivity contribution is 5.94. The molecule has 0 saturated carbocycles. The van der Waals surface area contributed by atoms with E-state index in [0.717, 1.165) is 12.1 Å². The first-order valence-electron chi connectivity index (χ1n) is 7.80. The third kappa shape index (κ3) is 5.94. The minimum atomic E-state index is 0.0359. The van der Waals surface area contributed by atoms with Crippen molar-refractivity contribution < 1.29 is 9.59 Å². The summed E-state index contributed by atoms with van der Waals surface area (Å²) in [5, 5.41) is 6.10. The molecule has 0 heterocycles. The van der Waals surface area contributed by atoms with Crippen LogP contribution in [0.1, 0.15) is 29.3 Å². The average Bonchev–Trinajstić information content (AvgIpc) is 2.56. The Labute approximate surface area is 136 Å². The topological polar surface area (TPSA) is 58.2 Å². The van der Waals surface area contributed by atoms with Crippen LogP contribution in [0.5, 0.6) is 0 Å². The monoisotopic (exact) mass is 310 g/mol. The average molecular weight is 310 g/mol. The summed E-state index contributed by atoms with van der Waals surface area (Å²) < 4.78 is 0. The highest BCUT2D eigenvalue weighted by atomic mass is 16.1. The van der Waals surface area contributed by atoms with Crippen molar-refractivity contribution in [2.75, 3.05) is 18.4 Å². The third-order valence-electron chi connectivity index (χ3n) is 3.55. The van der Waals surface area contributed by atoms with Gasteiger partial charge in [0.1, 0.15) is 0 Å². The van der Waals surface area contributed by atoms with E-state index in [9.17, 15) is 9.59 Å². The number of rotatable bonds is 8. The normalized spacial score (nSPS) is 10.1. The number of Topliss-reactive ketones (excluding diaryl/α,β-unsaturated/α-hetero) is 1. The van der Waals surface area contributed by atoms with Crippen LogP contribution in [0.25, 0.3) is 0 Å². The van der Waals surface area contributed by atoms with E-state index >= 15 is 0 Å². The first-order valence-corrected chi connectivity index (χ1v) is 7.80. The van der Waals surface area contributed by atoms with E-state index in [-0.39, 0.29) is 11.7 Å². The first kappa shape index (κ1) is 16.7. The molecule has 0 atom stereocenters. The molecular formula is C19H22N2O2. The Morgan fingerprint density at radius 3 is 2.26 bits per heavy atom. The van der Waals surface area contributed by atoms with Crippen molar-refractivity contribution in [2.24, 2.45) is 0 Å². The van der Waals surface area contributed by atoms with Crippen LogP contribution in [0.2, 0.25) is 0 Å². The van der Waals surface area contributed by atoms with Gasteiger partial charge in [-0.3, -0.25) is 9.59 Å². The fourth-order valence-electron chi connectivity index (χ4n) is 2.22. The number of ketones is 1. The van der Waals surface area contributed by atoms with Crippen LogP contribution in [0.4, 0.5) is 5.69 Å². The molecule has 0 fully saturated rings. The van der Waals surface area contributed by atoms with Crippen LogP contribution < -0.4 is 10.6 Å². The van der Waals surface area contributed by atoms with Crippen molar-refractivity contribution >= 4 is 17.4 Å². The van der Waals surface area contributed by atoms with E-state index in [1.165, 1.54) is 5.56 Å². The van der Waals surface area contributed by atoms with Crippen LogP contribution in [-0.2, 0) is 11.2 Å².